The molecule has 0 amide bonds. The first-order valence-electron chi connectivity index (χ1n) is 5.68. The molecule has 2 unspecified atom stereocenters. The molecule has 1 aliphatic carbocycles. The maximum Gasteiger partial charge on any atom is 0.00982 e. The minimum Gasteiger partial charge on any atom is -0.300 e. The Morgan fingerprint density at radius 2 is 2.08 bits per heavy atom. The van der Waals surface area contributed by atoms with Gasteiger partial charge in [-0.2, -0.15) is 11.8 Å². The molecule has 2 aliphatic rings. The predicted octanol–water partition coefficient (Wildman–Crippen LogP) is 2.61. The van der Waals surface area contributed by atoms with E-state index < -0.39 is 0 Å². The largest absolute Gasteiger partial charge is 0.300 e. The lowest BCUT2D eigenvalue weighted by Crippen LogP contribution is -2.35. The smallest absolute Gasteiger partial charge is 0.00982 e. The quantitative estimate of drug-likeness (QED) is 0.638. The molecule has 0 radical (unpaired) electrons. The maximum atomic E-state index is 2.75. The van der Waals surface area contributed by atoms with Crippen LogP contribution in [0.25, 0.3) is 0 Å². The summed E-state index contributed by atoms with van der Waals surface area (Å²) in [4.78, 5) is 2.75. The third-order valence-electron chi connectivity index (χ3n) is 3.44. The van der Waals surface area contributed by atoms with Gasteiger partial charge in [0.05, 0.1) is 0 Å². The van der Waals surface area contributed by atoms with Gasteiger partial charge in [0, 0.05) is 18.3 Å². The molecule has 2 fully saturated rings. The van der Waals surface area contributed by atoms with E-state index in [2.05, 4.69) is 23.6 Å². The van der Waals surface area contributed by atoms with E-state index >= 15 is 0 Å². The first-order valence-corrected chi connectivity index (χ1v) is 6.83. The Hall–Kier alpha value is 0.310. The van der Waals surface area contributed by atoms with Crippen molar-refractivity contribution in [3.8, 4) is 0 Å². The van der Waals surface area contributed by atoms with Gasteiger partial charge in [0.1, 0.15) is 0 Å². The fraction of sp³-hybridized carbons (Fsp3) is 1.00. The van der Waals surface area contributed by atoms with Crippen LogP contribution < -0.4 is 0 Å². The van der Waals surface area contributed by atoms with Crippen LogP contribution in [-0.4, -0.2) is 35.5 Å². The van der Waals surface area contributed by atoms with E-state index in [9.17, 15) is 0 Å². The van der Waals surface area contributed by atoms with Gasteiger partial charge in [-0.05, 0) is 43.9 Å². The molecule has 0 spiro atoms. The molecule has 2 heteroatoms. The highest BCUT2D eigenvalue weighted by Crippen LogP contribution is 2.29. The van der Waals surface area contributed by atoms with E-state index in [0.29, 0.717) is 0 Å². The normalized spacial score (nSPS) is 37.6. The molecule has 2 rings (SSSR count). The number of rotatable bonds is 1. The van der Waals surface area contributed by atoms with Gasteiger partial charge in [-0.25, -0.2) is 0 Å². The van der Waals surface area contributed by atoms with Crippen LogP contribution in [0.3, 0.4) is 0 Å². The number of thioether (sulfide) groups is 1. The highest BCUT2D eigenvalue weighted by molar-refractivity contribution is 7.99. The summed E-state index contributed by atoms with van der Waals surface area (Å²) >= 11 is 2.14. The molecule has 0 aromatic heterocycles. The lowest BCUT2D eigenvalue weighted by molar-refractivity contribution is 0.211. The third-order valence-corrected chi connectivity index (χ3v) is 4.49. The molecule has 2 atom stereocenters. The Morgan fingerprint density at radius 3 is 2.85 bits per heavy atom. The van der Waals surface area contributed by atoms with Gasteiger partial charge < -0.3 is 0 Å². The number of nitrogens with zero attached hydrogens (tertiary/aromatic N) is 1. The zero-order chi connectivity index (χ0) is 9.10. The standard InChI is InChI=1S/C11H21NS/c1-10-3-4-11(9-10)12-5-2-7-13-8-6-12/h10-11H,2-9H2,1H3. The average molecular weight is 199 g/mol. The van der Waals surface area contributed by atoms with E-state index in [1.54, 1.807) is 0 Å². The predicted molar refractivity (Wildman–Crippen MR) is 60.3 cm³/mol. The minimum absolute atomic E-state index is 0.939. The third kappa shape index (κ3) is 2.63. The van der Waals surface area contributed by atoms with E-state index in [1.165, 1.54) is 50.3 Å². The van der Waals surface area contributed by atoms with Gasteiger partial charge in [0.25, 0.3) is 0 Å². The topological polar surface area (TPSA) is 3.24 Å². The van der Waals surface area contributed by atoms with Gasteiger partial charge in [0.15, 0.2) is 0 Å². The van der Waals surface area contributed by atoms with Crippen LogP contribution in [0.5, 0.6) is 0 Å². The molecule has 0 aromatic carbocycles. The van der Waals surface area contributed by atoms with Crippen molar-refractivity contribution >= 4 is 11.8 Å². The van der Waals surface area contributed by atoms with Gasteiger partial charge in [0.2, 0.25) is 0 Å². The number of hydrogen-bond donors (Lipinski definition) is 0. The minimum atomic E-state index is 0.939. The molecule has 0 aromatic rings. The summed E-state index contributed by atoms with van der Waals surface area (Å²) in [6.07, 6.45) is 5.81. The first kappa shape index (κ1) is 9.85. The van der Waals surface area contributed by atoms with Crippen LogP contribution in [0.4, 0.5) is 0 Å². The lowest BCUT2D eigenvalue weighted by atomic mass is 10.1. The Kier molecular flexibility index (Phi) is 3.56. The average Bonchev–Trinajstić information content (AvgIpc) is 2.43. The monoisotopic (exact) mass is 199 g/mol. The van der Waals surface area contributed by atoms with E-state index in [4.69, 9.17) is 0 Å². The van der Waals surface area contributed by atoms with Crippen molar-refractivity contribution in [1.82, 2.24) is 4.90 Å². The van der Waals surface area contributed by atoms with E-state index in [-0.39, 0.29) is 0 Å². The van der Waals surface area contributed by atoms with Gasteiger partial charge in [-0.1, -0.05) is 6.92 Å². The SMILES string of the molecule is CC1CCC(N2CCCSCC2)C1. The van der Waals surface area contributed by atoms with E-state index in [1.807, 2.05) is 0 Å². The Balaban J connectivity index is 1.84. The van der Waals surface area contributed by atoms with Crippen LogP contribution in [0, 0.1) is 5.92 Å². The molecule has 1 heterocycles. The molecule has 1 saturated heterocycles. The molecule has 76 valence electrons. The fourth-order valence-corrected chi connectivity index (χ4v) is 3.54. The number of hydrogen-bond acceptors (Lipinski definition) is 2. The van der Waals surface area contributed by atoms with Crippen molar-refractivity contribution in [2.45, 2.75) is 38.6 Å². The van der Waals surface area contributed by atoms with Gasteiger partial charge in [-0.15, -0.1) is 0 Å². The summed E-state index contributed by atoms with van der Waals surface area (Å²) in [5.74, 6) is 3.74. The molecular weight excluding hydrogens is 178 g/mol. The van der Waals surface area contributed by atoms with Crippen LogP contribution in [-0.2, 0) is 0 Å². The first-order chi connectivity index (χ1) is 6.36. The summed E-state index contributed by atoms with van der Waals surface area (Å²) in [6.45, 7) is 5.12. The Bertz CT molecular complexity index is 152. The second-order valence-electron chi connectivity index (χ2n) is 4.57. The highest BCUT2D eigenvalue weighted by atomic mass is 32.2. The van der Waals surface area contributed by atoms with Crippen molar-refractivity contribution < 1.29 is 0 Å². The van der Waals surface area contributed by atoms with Crippen LogP contribution in [0.15, 0.2) is 0 Å². The van der Waals surface area contributed by atoms with Gasteiger partial charge in [-0.3, -0.25) is 4.90 Å². The zero-order valence-electron chi connectivity index (χ0n) is 8.67. The van der Waals surface area contributed by atoms with Crippen LogP contribution in [0.1, 0.15) is 32.6 Å². The van der Waals surface area contributed by atoms with Crippen molar-refractivity contribution in [3.05, 3.63) is 0 Å². The maximum absolute atomic E-state index is 2.75. The van der Waals surface area contributed by atoms with E-state index in [0.717, 1.165) is 12.0 Å². The molecule has 0 N–H and O–H groups in total. The molecule has 1 nitrogen and oxygen atoms in total. The summed E-state index contributed by atoms with van der Waals surface area (Å²) in [7, 11) is 0. The summed E-state index contributed by atoms with van der Waals surface area (Å²) < 4.78 is 0. The second kappa shape index (κ2) is 4.70. The Morgan fingerprint density at radius 1 is 1.15 bits per heavy atom. The molecule has 1 saturated carbocycles. The highest BCUT2D eigenvalue weighted by Gasteiger charge is 2.26. The second-order valence-corrected chi connectivity index (χ2v) is 5.80. The van der Waals surface area contributed by atoms with Crippen molar-refractivity contribution in [2.75, 3.05) is 24.6 Å². The summed E-state index contributed by atoms with van der Waals surface area (Å²) in [6, 6.07) is 0.939. The molecule has 13 heavy (non-hydrogen) atoms. The molecule has 1 aliphatic heterocycles. The molecule has 0 bridgehead atoms. The van der Waals surface area contributed by atoms with Gasteiger partial charge >= 0.3 is 0 Å². The van der Waals surface area contributed by atoms with Crippen LogP contribution >= 0.6 is 11.8 Å². The van der Waals surface area contributed by atoms with Crippen molar-refractivity contribution in [3.63, 3.8) is 0 Å². The Labute approximate surface area is 86.3 Å². The summed E-state index contributed by atoms with van der Waals surface area (Å²) in [5, 5.41) is 0. The van der Waals surface area contributed by atoms with Crippen molar-refractivity contribution in [1.29, 1.82) is 0 Å². The van der Waals surface area contributed by atoms with Crippen LogP contribution in [0.2, 0.25) is 0 Å². The fourth-order valence-electron chi connectivity index (χ4n) is 2.64. The summed E-state index contributed by atoms with van der Waals surface area (Å²) in [5.41, 5.74) is 0. The zero-order valence-corrected chi connectivity index (χ0v) is 9.48. The molecular formula is C11H21NS. The lowest BCUT2D eigenvalue weighted by Gasteiger charge is -2.26. The van der Waals surface area contributed by atoms with Crippen molar-refractivity contribution in [2.24, 2.45) is 5.92 Å².